The van der Waals surface area contributed by atoms with E-state index in [2.05, 4.69) is 53.2 Å². The Morgan fingerprint density at radius 1 is 1.10 bits per heavy atom. The second-order valence-electron chi connectivity index (χ2n) is 4.79. The average molecular weight is 283 g/mol. The third kappa shape index (κ3) is 2.54. The quantitative estimate of drug-likeness (QED) is 0.919. The maximum atomic E-state index is 5.32. The molecule has 0 aliphatic carbocycles. The van der Waals surface area contributed by atoms with Crippen LogP contribution in [0.4, 0.5) is 0 Å². The molecule has 1 heterocycles. The third-order valence-electron chi connectivity index (χ3n) is 3.48. The van der Waals surface area contributed by atoms with E-state index in [1.807, 2.05) is 30.1 Å². The van der Waals surface area contributed by atoms with E-state index in [0.717, 1.165) is 12.2 Å². The van der Waals surface area contributed by atoms with Crippen molar-refractivity contribution in [2.75, 3.05) is 7.11 Å². The van der Waals surface area contributed by atoms with Gasteiger partial charge in [0.1, 0.15) is 10.6 Å². The van der Waals surface area contributed by atoms with Gasteiger partial charge in [-0.3, -0.25) is 0 Å². The summed E-state index contributed by atoms with van der Waals surface area (Å²) in [5, 5.41) is 5.63. The average Bonchev–Trinajstić information content (AvgIpc) is 2.98. The van der Waals surface area contributed by atoms with Crippen molar-refractivity contribution in [1.29, 1.82) is 0 Å². The van der Waals surface area contributed by atoms with Crippen LogP contribution < -0.4 is 10.1 Å². The maximum absolute atomic E-state index is 5.32. The molecule has 0 saturated carbocycles. The zero-order chi connectivity index (χ0) is 13.8. The Labute approximate surface area is 123 Å². The van der Waals surface area contributed by atoms with Gasteiger partial charge in [0.2, 0.25) is 0 Å². The van der Waals surface area contributed by atoms with E-state index >= 15 is 0 Å². The summed E-state index contributed by atoms with van der Waals surface area (Å²) in [4.78, 5) is -0.117. The first-order valence-corrected chi connectivity index (χ1v) is 7.49. The van der Waals surface area contributed by atoms with Gasteiger partial charge in [-0.15, -0.1) is 0 Å². The van der Waals surface area contributed by atoms with Gasteiger partial charge in [0.15, 0.2) is 0 Å². The molecule has 0 radical (unpaired) electrons. The number of hydrogen-bond acceptors (Lipinski definition) is 3. The fraction of sp³-hybridized carbons (Fsp3) is 0.176. The Kier molecular flexibility index (Phi) is 3.70. The van der Waals surface area contributed by atoms with Gasteiger partial charge in [0, 0.05) is 12.6 Å². The van der Waals surface area contributed by atoms with Crippen LogP contribution in [0.3, 0.4) is 0 Å². The van der Waals surface area contributed by atoms with Crippen molar-refractivity contribution in [3.8, 4) is 5.75 Å². The summed E-state index contributed by atoms with van der Waals surface area (Å²) in [6.45, 7) is 0. The van der Waals surface area contributed by atoms with E-state index in [0.29, 0.717) is 0 Å². The third-order valence-corrected chi connectivity index (χ3v) is 4.65. The summed E-state index contributed by atoms with van der Waals surface area (Å²) in [6.07, 6.45) is 2.93. The first-order valence-electron chi connectivity index (χ1n) is 6.61. The minimum absolute atomic E-state index is 0.117. The zero-order valence-electron chi connectivity index (χ0n) is 11.4. The summed E-state index contributed by atoms with van der Waals surface area (Å²) in [7, 11) is 1.70. The Morgan fingerprint density at radius 3 is 2.65 bits per heavy atom. The molecule has 3 rings (SSSR count). The van der Waals surface area contributed by atoms with Gasteiger partial charge in [-0.05, 0) is 28.7 Å². The zero-order valence-corrected chi connectivity index (χ0v) is 12.2. The molecule has 102 valence electrons. The molecule has 1 aliphatic rings. The van der Waals surface area contributed by atoms with Crippen LogP contribution in [0, 0.1) is 0 Å². The standard InChI is InChI=1S/C17H17NOS/c1-19-16-9-5-6-14(12-16)13-17(18-10-11-20-17)15-7-3-2-4-8-15/h2-12,18H,13H2,1H3. The molecule has 3 heteroatoms. The number of hydrogen-bond donors (Lipinski definition) is 1. The van der Waals surface area contributed by atoms with Gasteiger partial charge < -0.3 is 10.1 Å². The Balaban J connectivity index is 1.92. The van der Waals surface area contributed by atoms with Crippen LogP contribution in [0.15, 0.2) is 66.2 Å². The highest BCUT2D eigenvalue weighted by Crippen LogP contribution is 2.41. The SMILES string of the molecule is COc1cccc(CC2(c3ccccc3)NC=CS2)c1. The molecule has 2 aromatic rings. The summed E-state index contributed by atoms with van der Waals surface area (Å²) >= 11 is 1.82. The van der Waals surface area contributed by atoms with Crippen molar-refractivity contribution in [1.82, 2.24) is 5.32 Å². The lowest BCUT2D eigenvalue weighted by Crippen LogP contribution is -2.35. The van der Waals surface area contributed by atoms with Crippen LogP contribution in [-0.4, -0.2) is 7.11 Å². The van der Waals surface area contributed by atoms with Gasteiger partial charge >= 0.3 is 0 Å². The number of rotatable bonds is 4. The summed E-state index contributed by atoms with van der Waals surface area (Å²) in [5.41, 5.74) is 2.55. The Hall–Kier alpha value is -1.87. The first-order chi connectivity index (χ1) is 9.82. The largest absolute Gasteiger partial charge is 0.497 e. The molecule has 0 spiro atoms. The normalized spacial score (nSPS) is 20.6. The Bertz CT molecular complexity index is 601. The lowest BCUT2D eigenvalue weighted by molar-refractivity contribution is 0.413. The van der Waals surface area contributed by atoms with E-state index in [1.54, 1.807) is 7.11 Å². The molecule has 1 atom stereocenters. The molecule has 0 fully saturated rings. The lowest BCUT2D eigenvalue weighted by Gasteiger charge is -2.30. The first kappa shape index (κ1) is 13.1. The van der Waals surface area contributed by atoms with Crippen LogP contribution >= 0.6 is 11.8 Å². The van der Waals surface area contributed by atoms with Crippen molar-refractivity contribution in [3.63, 3.8) is 0 Å². The molecule has 2 aromatic carbocycles. The van der Waals surface area contributed by atoms with Crippen LogP contribution in [0.5, 0.6) is 5.75 Å². The topological polar surface area (TPSA) is 21.3 Å². The smallest absolute Gasteiger partial charge is 0.119 e. The molecule has 1 N–H and O–H groups in total. The molecular formula is C17H17NOS. The molecule has 0 amide bonds. The van der Waals surface area contributed by atoms with Crippen LogP contribution in [0.1, 0.15) is 11.1 Å². The van der Waals surface area contributed by atoms with Crippen molar-refractivity contribution in [2.24, 2.45) is 0 Å². The van der Waals surface area contributed by atoms with Gasteiger partial charge in [0.25, 0.3) is 0 Å². The summed E-state index contributed by atoms with van der Waals surface area (Å²) in [6, 6.07) is 18.8. The maximum Gasteiger partial charge on any atom is 0.119 e. The number of methoxy groups -OCH3 is 1. The molecule has 20 heavy (non-hydrogen) atoms. The fourth-order valence-electron chi connectivity index (χ4n) is 2.48. The number of nitrogens with one attached hydrogen (secondary N) is 1. The fourth-order valence-corrected chi connectivity index (χ4v) is 3.50. The summed E-state index contributed by atoms with van der Waals surface area (Å²) in [5.74, 6) is 0.904. The van der Waals surface area contributed by atoms with E-state index in [4.69, 9.17) is 4.74 Å². The van der Waals surface area contributed by atoms with Gasteiger partial charge in [-0.25, -0.2) is 0 Å². The predicted molar refractivity (Wildman–Crippen MR) is 84.7 cm³/mol. The molecular weight excluding hydrogens is 266 g/mol. The molecule has 1 unspecified atom stereocenters. The minimum atomic E-state index is -0.117. The summed E-state index contributed by atoms with van der Waals surface area (Å²) < 4.78 is 5.32. The second-order valence-corrected chi connectivity index (χ2v) is 5.99. The second kappa shape index (κ2) is 5.63. The van der Waals surface area contributed by atoms with Crippen molar-refractivity contribution < 1.29 is 4.74 Å². The van der Waals surface area contributed by atoms with E-state index in [-0.39, 0.29) is 4.87 Å². The van der Waals surface area contributed by atoms with Crippen molar-refractivity contribution in [2.45, 2.75) is 11.3 Å². The molecule has 0 aromatic heterocycles. The lowest BCUT2D eigenvalue weighted by atomic mass is 9.98. The number of ether oxygens (including phenoxy) is 1. The minimum Gasteiger partial charge on any atom is -0.497 e. The van der Waals surface area contributed by atoms with Gasteiger partial charge in [-0.1, -0.05) is 54.2 Å². The number of thioether (sulfide) groups is 1. The van der Waals surface area contributed by atoms with E-state index in [1.165, 1.54) is 11.1 Å². The van der Waals surface area contributed by atoms with Crippen LogP contribution in [0.2, 0.25) is 0 Å². The monoisotopic (exact) mass is 283 g/mol. The van der Waals surface area contributed by atoms with Crippen molar-refractivity contribution >= 4 is 11.8 Å². The Morgan fingerprint density at radius 2 is 1.95 bits per heavy atom. The predicted octanol–water partition coefficient (Wildman–Crippen LogP) is 3.90. The highest BCUT2D eigenvalue weighted by Gasteiger charge is 2.33. The van der Waals surface area contributed by atoms with Gasteiger partial charge in [0.05, 0.1) is 7.11 Å². The number of benzene rings is 2. The molecule has 2 nitrogen and oxygen atoms in total. The van der Waals surface area contributed by atoms with Crippen molar-refractivity contribution in [3.05, 3.63) is 77.3 Å². The molecule has 0 saturated heterocycles. The highest BCUT2D eigenvalue weighted by atomic mass is 32.2. The molecule has 1 aliphatic heterocycles. The van der Waals surface area contributed by atoms with E-state index < -0.39 is 0 Å². The molecule has 0 bridgehead atoms. The van der Waals surface area contributed by atoms with Crippen LogP contribution in [0.25, 0.3) is 0 Å². The van der Waals surface area contributed by atoms with Crippen LogP contribution in [-0.2, 0) is 11.3 Å². The highest BCUT2D eigenvalue weighted by molar-refractivity contribution is 8.03. The van der Waals surface area contributed by atoms with Gasteiger partial charge in [-0.2, -0.15) is 0 Å². The van der Waals surface area contributed by atoms with E-state index in [9.17, 15) is 0 Å².